The van der Waals surface area contributed by atoms with Crippen LogP contribution in [0, 0.1) is 0 Å². The van der Waals surface area contributed by atoms with Crippen molar-refractivity contribution >= 4 is 30.4 Å². The van der Waals surface area contributed by atoms with E-state index >= 15 is 0 Å². The first kappa shape index (κ1) is 19.8. The third kappa shape index (κ3) is 3.30. The van der Waals surface area contributed by atoms with Gasteiger partial charge < -0.3 is 15.3 Å². The quantitative estimate of drug-likeness (QED) is 0.697. The van der Waals surface area contributed by atoms with Gasteiger partial charge in [-0.15, -0.1) is 12.4 Å². The van der Waals surface area contributed by atoms with E-state index in [4.69, 9.17) is 0 Å². The summed E-state index contributed by atoms with van der Waals surface area (Å²) in [6.07, 6.45) is 0.342. The molecule has 1 aromatic rings. The number of hydrogen-bond acceptors (Lipinski definition) is 4. The van der Waals surface area contributed by atoms with Gasteiger partial charge in [-0.1, -0.05) is 0 Å². The molecule has 1 unspecified atom stereocenters. The number of nitrogens with zero attached hydrogens (tertiary/aromatic N) is 3. The van der Waals surface area contributed by atoms with Crippen molar-refractivity contribution < 1.29 is 19.5 Å². The summed E-state index contributed by atoms with van der Waals surface area (Å²) in [7, 11) is 0. The number of aryl methyl sites for hydroxylation is 1. The molecule has 1 fully saturated rings. The van der Waals surface area contributed by atoms with Gasteiger partial charge in [-0.25, -0.2) is 9.59 Å². The van der Waals surface area contributed by atoms with Crippen molar-refractivity contribution in [2.24, 2.45) is 0 Å². The highest BCUT2D eigenvalue weighted by molar-refractivity contribution is 6.07. The molecule has 1 aliphatic heterocycles. The predicted molar refractivity (Wildman–Crippen MR) is 88.0 cm³/mol. The van der Waals surface area contributed by atoms with Crippen LogP contribution in [0.5, 0.6) is 0 Å². The molecule has 2 heterocycles. The monoisotopic (exact) mass is 359 g/mol. The highest BCUT2D eigenvalue weighted by atomic mass is 35.5. The Kier molecular flexibility index (Phi) is 5.50. The molecular weight excluding hydrogens is 338 g/mol. The lowest BCUT2D eigenvalue weighted by Gasteiger charge is -2.39. The molecule has 0 saturated carbocycles. The van der Waals surface area contributed by atoms with Crippen LogP contribution in [0.25, 0.3) is 0 Å². The van der Waals surface area contributed by atoms with Crippen LogP contribution in [0.4, 0.5) is 9.59 Å². The first-order valence-corrected chi connectivity index (χ1v) is 7.28. The molecule has 3 N–H and O–H groups in total. The van der Waals surface area contributed by atoms with Crippen LogP contribution >= 0.6 is 12.4 Å². The summed E-state index contributed by atoms with van der Waals surface area (Å²) < 4.78 is 1.56. The molecule has 0 aliphatic carbocycles. The van der Waals surface area contributed by atoms with Crippen molar-refractivity contribution in [2.45, 2.75) is 45.3 Å². The Morgan fingerprint density at radius 3 is 2.46 bits per heavy atom. The van der Waals surface area contributed by atoms with E-state index in [0.717, 1.165) is 4.90 Å². The van der Waals surface area contributed by atoms with E-state index in [2.05, 4.69) is 15.7 Å². The SMILES string of the molecule is CCn1nccc1C1(CN(C(=O)O)C(C)(C)C)NC(=O)NC1=O.Cl. The third-order valence-corrected chi connectivity index (χ3v) is 3.83. The van der Waals surface area contributed by atoms with Gasteiger partial charge in [0.1, 0.15) is 0 Å². The van der Waals surface area contributed by atoms with Crippen molar-refractivity contribution in [3.05, 3.63) is 18.0 Å². The Hall–Kier alpha value is -2.29. The Balaban J connectivity index is 0.00000288. The molecule has 0 radical (unpaired) electrons. The summed E-state index contributed by atoms with van der Waals surface area (Å²) in [5.41, 5.74) is -1.81. The fourth-order valence-electron chi connectivity index (χ4n) is 2.64. The van der Waals surface area contributed by atoms with E-state index in [9.17, 15) is 19.5 Å². The number of aromatic nitrogens is 2. The number of urea groups is 1. The average molecular weight is 360 g/mol. The number of rotatable bonds is 4. The molecule has 1 aromatic heterocycles. The summed E-state index contributed by atoms with van der Waals surface area (Å²) in [5.74, 6) is -0.590. The molecule has 0 aromatic carbocycles. The smallest absolute Gasteiger partial charge is 0.407 e. The Bertz CT molecular complexity index is 654. The topological polar surface area (TPSA) is 117 Å². The number of imide groups is 1. The number of carbonyl (C=O) groups excluding carboxylic acids is 2. The van der Waals surface area contributed by atoms with E-state index in [0.29, 0.717) is 12.2 Å². The first-order chi connectivity index (χ1) is 10.6. The molecule has 1 saturated heterocycles. The maximum absolute atomic E-state index is 12.5. The molecule has 0 bridgehead atoms. The van der Waals surface area contributed by atoms with Gasteiger partial charge in [0.15, 0.2) is 5.54 Å². The van der Waals surface area contributed by atoms with Crippen molar-refractivity contribution in [1.29, 1.82) is 0 Å². The molecular formula is C14H22ClN5O4. The second-order valence-corrected chi connectivity index (χ2v) is 6.39. The number of hydrogen-bond donors (Lipinski definition) is 3. The lowest BCUT2D eigenvalue weighted by molar-refractivity contribution is -0.125. The highest BCUT2D eigenvalue weighted by Crippen LogP contribution is 2.29. The van der Waals surface area contributed by atoms with Crippen LogP contribution in [0.15, 0.2) is 12.3 Å². The Morgan fingerprint density at radius 1 is 1.42 bits per heavy atom. The summed E-state index contributed by atoms with van der Waals surface area (Å²) in [4.78, 5) is 37.0. The van der Waals surface area contributed by atoms with Crippen molar-refractivity contribution in [1.82, 2.24) is 25.3 Å². The second-order valence-electron chi connectivity index (χ2n) is 6.39. The average Bonchev–Trinajstić information content (AvgIpc) is 2.99. The van der Waals surface area contributed by atoms with E-state index in [1.807, 2.05) is 6.92 Å². The molecule has 0 spiro atoms. The van der Waals surface area contributed by atoms with E-state index in [1.54, 1.807) is 31.5 Å². The van der Waals surface area contributed by atoms with Gasteiger partial charge in [-0.3, -0.25) is 14.8 Å². The standard InChI is InChI=1S/C14H21N5O4.ClH/c1-5-19-9(6-7-15-19)14(10(20)16-11(21)17-14)8-18(12(22)23)13(2,3)4;/h6-7H,5,8H2,1-4H3,(H,22,23)(H2,16,17,20,21);1H. The molecule has 24 heavy (non-hydrogen) atoms. The van der Waals surface area contributed by atoms with Gasteiger partial charge in [0, 0.05) is 18.3 Å². The largest absolute Gasteiger partial charge is 0.465 e. The third-order valence-electron chi connectivity index (χ3n) is 3.83. The lowest BCUT2D eigenvalue weighted by Crippen LogP contribution is -2.58. The van der Waals surface area contributed by atoms with Crippen LogP contribution in [0.1, 0.15) is 33.4 Å². The molecule has 134 valence electrons. The van der Waals surface area contributed by atoms with E-state index < -0.39 is 29.1 Å². The van der Waals surface area contributed by atoms with E-state index in [1.165, 1.54) is 6.20 Å². The molecule has 9 nitrogen and oxygen atoms in total. The van der Waals surface area contributed by atoms with Crippen LogP contribution < -0.4 is 10.6 Å². The van der Waals surface area contributed by atoms with Gasteiger partial charge in [0.05, 0.1) is 12.2 Å². The number of carboxylic acid groups (broad SMARTS) is 1. The van der Waals surface area contributed by atoms with Gasteiger partial charge in [0.2, 0.25) is 0 Å². The number of halogens is 1. The molecule has 1 aliphatic rings. The molecule has 4 amide bonds. The van der Waals surface area contributed by atoms with Crippen LogP contribution in [0.2, 0.25) is 0 Å². The first-order valence-electron chi connectivity index (χ1n) is 7.28. The minimum absolute atomic E-state index is 0. The fourth-order valence-corrected chi connectivity index (χ4v) is 2.64. The van der Waals surface area contributed by atoms with Gasteiger partial charge >= 0.3 is 12.1 Å². The zero-order valence-corrected chi connectivity index (χ0v) is 14.8. The van der Waals surface area contributed by atoms with Gasteiger partial charge in [-0.05, 0) is 33.8 Å². The van der Waals surface area contributed by atoms with Gasteiger partial charge in [0.25, 0.3) is 5.91 Å². The number of amides is 4. The van der Waals surface area contributed by atoms with Crippen LogP contribution in [-0.4, -0.2) is 49.9 Å². The summed E-state index contributed by atoms with van der Waals surface area (Å²) in [6, 6.07) is 0.954. The zero-order chi connectivity index (χ0) is 17.4. The Morgan fingerprint density at radius 2 is 2.04 bits per heavy atom. The van der Waals surface area contributed by atoms with Crippen molar-refractivity contribution in [3.63, 3.8) is 0 Å². The van der Waals surface area contributed by atoms with Crippen molar-refractivity contribution in [2.75, 3.05) is 6.54 Å². The zero-order valence-electron chi connectivity index (χ0n) is 14.0. The number of carbonyl (C=O) groups is 3. The number of nitrogens with one attached hydrogen (secondary N) is 2. The maximum Gasteiger partial charge on any atom is 0.407 e. The van der Waals surface area contributed by atoms with Crippen molar-refractivity contribution in [3.8, 4) is 0 Å². The normalized spacial score (nSPS) is 20.2. The predicted octanol–water partition coefficient (Wildman–Crippen LogP) is 1.14. The highest BCUT2D eigenvalue weighted by Gasteiger charge is 2.52. The second kappa shape index (κ2) is 6.68. The van der Waals surface area contributed by atoms with Crippen LogP contribution in [-0.2, 0) is 16.9 Å². The lowest BCUT2D eigenvalue weighted by atomic mass is 9.92. The maximum atomic E-state index is 12.5. The molecule has 10 heteroatoms. The molecule has 2 rings (SSSR count). The summed E-state index contributed by atoms with van der Waals surface area (Å²) in [5, 5.41) is 18.4. The minimum Gasteiger partial charge on any atom is -0.465 e. The summed E-state index contributed by atoms with van der Waals surface area (Å²) >= 11 is 0. The van der Waals surface area contributed by atoms with Crippen LogP contribution in [0.3, 0.4) is 0 Å². The summed E-state index contributed by atoms with van der Waals surface area (Å²) in [6.45, 7) is 7.28. The van der Waals surface area contributed by atoms with Gasteiger partial charge in [-0.2, -0.15) is 5.10 Å². The molecule has 1 atom stereocenters. The Labute approximate surface area is 145 Å². The minimum atomic E-state index is -1.50. The van der Waals surface area contributed by atoms with E-state index in [-0.39, 0.29) is 19.0 Å². The fraction of sp³-hybridized carbons (Fsp3) is 0.571.